The van der Waals surface area contributed by atoms with Crippen molar-refractivity contribution in [3.8, 4) is 23.0 Å². The van der Waals surface area contributed by atoms with Gasteiger partial charge in [-0.3, -0.25) is 4.79 Å². The molecule has 0 spiro atoms. The van der Waals surface area contributed by atoms with E-state index in [2.05, 4.69) is 0 Å². The van der Waals surface area contributed by atoms with Gasteiger partial charge in [-0.25, -0.2) is 0 Å². The van der Waals surface area contributed by atoms with Gasteiger partial charge >= 0.3 is 0 Å². The minimum absolute atomic E-state index is 0.161. The summed E-state index contributed by atoms with van der Waals surface area (Å²) in [6.07, 6.45) is 2.16. The summed E-state index contributed by atoms with van der Waals surface area (Å²) in [6.45, 7) is 4.77. The Morgan fingerprint density at radius 3 is 2.41 bits per heavy atom. The van der Waals surface area contributed by atoms with Gasteiger partial charge in [0.1, 0.15) is 11.3 Å². The zero-order valence-electron chi connectivity index (χ0n) is 16.4. The molecule has 2 heterocycles. The molecule has 0 aliphatic carbocycles. The maximum Gasteiger partial charge on any atom is 0.235 e. The average molecular weight is 390 g/mol. The van der Waals surface area contributed by atoms with Crippen molar-refractivity contribution >= 4 is 11.0 Å². The third-order valence-corrected chi connectivity index (χ3v) is 4.57. The Labute approximate surface area is 168 Å². The Kier molecular flexibility index (Phi) is 5.38. The maximum atomic E-state index is 13.1. The lowest BCUT2D eigenvalue weighted by Crippen LogP contribution is -2.13. The molecule has 29 heavy (non-hydrogen) atoms. The molecular formula is C24H22O5. The molecule has 0 unspecified atom stereocenters. The molecule has 0 N–H and O–H groups in total. The largest absolute Gasteiger partial charge is 0.493 e. The van der Waals surface area contributed by atoms with Crippen molar-refractivity contribution in [2.75, 3.05) is 13.2 Å². The molecule has 0 atom stereocenters. The Hall–Kier alpha value is -3.47. The lowest BCUT2D eigenvalue weighted by Gasteiger charge is -2.11. The number of furan rings is 1. The third-order valence-electron chi connectivity index (χ3n) is 4.57. The van der Waals surface area contributed by atoms with Gasteiger partial charge in [-0.1, -0.05) is 29.3 Å². The van der Waals surface area contributed by atoms with E-state index >= 15 is 0 Å². The predicted octanol–water partition coefficient (Wildman–Crippen LogP) is 5.52. The summed E-state index contributed by atoms with van der Waals surface area (Å²) in [7, 11) is 0. The topological polar surface area (TPSA) is 61.8 Å². The summed E-state index contributed by atoms with van der Waals surface area (Å²) in [5, 5.41) is 0.492. The smallest absolute Gasteiger partial charge is 0.235 e. The van der Waals surface area contributed by atoms with Crippen LogP contribution in [0.4, 0.5) is 0 Å². The van der Waals surface area contributed by atoms with Crippen molar-refractivity contribution in [1.29, 1.82) is 0 Å². The van der Waals surface area contributed by atoms with Crippen LogP contribution in [-0.2, 0) is 0 Å². The fraction of sp³-hybridized carbons (Fsp3) is 0.208. The minimum atomic E-state index is -0.208. The highest BCUT2D eigenvalue weighted by Crippen LogP contribution is 2.31. The Bertz CT molecular complexity index is 1150. The zero-order valence-corrected chi connectivity index (χ0v) is 16.4. The van der Waals surface area contributed by atoms with E-state index in [1.807, 2.05) is 44.2 Å². The van der Waals surface area contributed by atoms with E-state index in [1.165, 1.54) is 11.8 Å². The fourth-order valence-electron chi connectivity index (χ4n) is 3.05. The standard InChI is InChI=1S/C24H22O5/c1-16-6-9-18(10-7-16)26-13-4-14-28-24-22(25)19-15-17(2)8-11-20(19)29-23(24)21-5-3-12-27-21/h3,5-12,15H,4,13-14H2,1-2H3. The first-order valence-electron chi connectivity index (χ1n) is 9.55. The van der Waals surface area contributed by atoms with Crippen LogP contribution in [-0.4, -0.2) is 13.2 Å². The highest BCUT2D eigenvalue weighted by molar-refractivity contribution is 5.81. The summed E-state index contributed by atoms with van der Waals surface area (Å²) in [6, 6.07) is 16.9. The highest BCUT2D eigenvalue weighted by Gasteiger charge is 2.19. The number of rotatable bonds is 7. The van der Waals surface area contributed by atoms with E-state index in [0.717, 1.165) is 11.3 Å². The van der Waals surface area contributed by atoms with Gasteiger partial charge in [0.25, 0.3) is 0 Å². The SMILES string of the molecule is Cc1ccc(OCCCOc2c(-c3ccco3)oc3ccc(C)cc3c2=O)cc1. The van der Waals surface area contributed by atoms with Crippen LogP contribution in [0.1, 0.15) is 17.5 Å². The molecule has 0 aliphatic heterocycles. The molecule has 0 fully saturated rings. The van der Waals surface area contributed by atoms with Gasteiger partial charge < -0.3 is 18.3 Å². The van der Waals surface area contributed by atoms with Gasteiger partial charge in [-0.15, -0.1) is 0 Å². The van der Waals surface area contributed by atoms with Crippen molar-refractivity contribution < 1.29 is 18.3 Å². The van der Waals surface area contributed by atoms with Crippen LogP contribution in [0.5, 0.6) is 11.5 Å². The van der Waals surface area contributed by atoms with Gasteiger partial charge in [-0.2, -0.15) is 0 Å². The molecule has 4 aromatic rings. The number of aryl methyl sites for hydroxylation is 2. The predicted molar refractivity (Wildman–Crippen MR) is 112 cm³/mol. The van der Waals surface area contributed by atoms with Crippen LogP contribution in [0.15, 0.2) is 74.5 Å². The van der Waals surface area contributed by atoms with E-state index in [4.69, 9.17) is 18.3 Å². The number of fused-ring (bicyclic) bond motifs is 1. The Morgan fingerprint density at radius 1 is 0.897 bits per heavy atom. The molecule has 2 aromatic heterocycles. The molecule has 0 saturated carbocycles. The van der Waals surface area contributed by atoms with Crippen molar-refractivity contribution in [2.24, 2.45) is 0 Å². The second kappa shape index (κ2) is 8.27. The second-order valence-electron chi connectivity index (χ2n) is 6.93. The molecule has 0 saturated heterocycles. The number of ether oxygens (including phenoxy) is 2. The van der Waals surface area contributed by atoms with Gasteiger partial charge in [0, 0.05) is 6.42 Å². The zero-order chi connectivity index (χ0) is 20.2. The lowest BCUT2D eigenvalue weighted by molar-refractivity contribution is 0.244. The summed E-state index contributed by atoms with van der Waals surface area (Å²) in [5.74, 6) is 1.73. The van der Waals surface area contributed by atoms with Crippen molar-refractivity contribution in [2.45, 2.75) is 20.3 Å². The highest BCUT2D eigenvalue weighted by atomic mass is 16.5. The first-order chi connectivity index (χ1) is 14.1. The molecule has 0 radical (unpaired) electrons. The number of hydrogen-bond acceptors (Lipinski definition) is 5. The molecular weight excluding hydrogens is 368 g/mol. The van der Waals surface area contributed by atoms with E-state index in [-0.39, 0.29) is 11.2 Å². The fourth-order valence-corrected chi connectivity index (χ4v) is 3.05. The molecule has 0 bridgehead atoms. The molecule has 148 valence electrons. The minimum Gasteiger partial charge on any atom is -0.493 e. The van der Waals surface area contributed by atoms with Gasteiger partial charge in [0.15, 0.2) is 5.76 Å². The Balaban J connectivity index is 1.52. The normalized spacial score (nSPS) is 11.0. The van der Waals surface area contributed by atoms with Crippen molar-refractivity contribution in [1.82, 2.24) is 0 Å². The molecule has 5 heteroatoms. The molecule has 5 nitrogen and oxygen atoms in total. The first kappa shape index (κ1) is 18.9. The van der Waals surface area contributed by atoms with Crippen molar-refractivity contribution in [3.05, 3.63) is 82.2 Å². The molecule has 2 aromatic carbocycles. The Morgan fingerprint density at radius 2 is 1.66 bits per heavy atom. The van der Waals surface area contributed by atoms with Gasteiger partial charge in [0.05, 0.1) is 24.9 Å². The van der Waals surface area contributed by atoms with Crippen LogP contribution in [0.2, 0.25) is 0 Å². The van der Waals surface area contributed by atoms with Crippen LogP contribution in [0.3, 0.4) is 0 Å². The van der Waals surface area contributed by atoms with Crippen LogP contribution >= 0.6 is 0 Å². The van der Waals surface area contributed by atoms with Gasteiger partial charge in [-0.05, 0) is 50.2 Å². The lowest BCUT2D eigenvalue weighted by atomic mass is 10.1. The van der Waals surface area contributed by atoms with E-state index in [1.54, 1.807) is 24.3 Å². The van der Waals surface area contributed by atoms with Crippen LogP contribution < -0.4 is 14.9 Å². The first-order valence-corrected chi connectivity index (χ1v) is 9.55. The van der Waals surface area contributed by atoms with E-state index in [9.17, 15) is 4.79 Å². The van der Waals surface area contributed by atoms with Crippen LogP contribution in [0.25, 0.3) is 22.5 Å². The summed E-state index contributed by atoms with van der Waals surface area (Å²) in [5.41, 5.74) is 2.46. The van der Waals surface area contributed by atoms with E-state index < -0.39 is 0 Å². The molecule has 4 rings (SSSR count). The third kappa shape index (κ3) is 4.19. The maximum absolute atomic E-state index is 13.1. The van der Waals surface area contributed by atoms with Crippen LogP contribution in [0, 0.1) is 13.8 Å². The summed E-state index contributed by atoms with van der Waals surface area (Å²) in [4.78, 5) is 13.1. The van der Waals surface area contributed by atoms with E-state index in [0.29, 0.717) is 42.1 Å². The summed E-state index contributed by atoms with van der Waals surface area (Å²) >= 11 is 0. The second-order valence-corrected chi connectivity index (χ2v) is 6.93. The summed E-state index contributed by atoms with van der Waals surface area (Å²) < 4.78 is 23.0. The monoisotopic (exact) mass is 390 g/mol. The van der Waals surface area contributed by atoms with Gasteiger partial charge in [0.2, 0.25) is 16.9 Å². The average Bonchev–Trinajstić information content (AvgIpc) is 3.25. The molecule has 0 amide bonds. The molecule has 0 aliphatic rings. The number of benzene rings is 2. The quantitative estimate of drug-likeness (QED) is 0.389. The van der Waals surface area contributed by atoms with Crippen molar-refractivity contribution in [3.63, 3.8) is 0 Å². The number of hydrogen-bond donors (Lipinski definition) is 0.